The van der Waals surface area contributed by atoms with E-state index in [2.05, 4.69) is 4.98 Å². The third-order valence-corrected chi connectivity index (χ3v) is 5.18. The van der Waals surface area contributed by atoms with Crippen LogP contribution in [0.5, 0.6) is 0 Å². The number of nitrogens with zero attached hydrogens (tertiary/aromatic N) is 3. The largest absolute Gasteiger partial charge is 0.383 e. The van der Waals surface area contributed by atoms with Crippen LogP contribution in [0.3, 0.4) is 0 Å². The number of nitrogens with one attached hydrogen (secondary N) is 1. The van der Waals surface area contributed by atoms with Gasteiger partial charge in [-0.3, -0.25) is 29.3 Å². The Labute approximate surface area is 179 Å². The van der Waals surface area contributed by atoms with Crippen molar-refractivity contribution in [3.63, 3.8) is 0 Å². The van der Waals surface area contributed by atoms with Crippen molar-refractivity contribution in [1.29, 1.82) is 0 Å². The lowest BCUT2D eigenvalue weighted by atomic mass is 10.0. The van der Waals surface area contributed by atoms with Gasteiger partial charge in [-0.1, -0.05) is 39.2 Å². The van der Waals surface area contributed by atoms with Crippen molar-refractivity contribution < 1.29 is 9.72 Å². The molecule has 0 aliphatic carbocycles. The first kappa shape index (κ1) is 23.8. The lowest BCUT2D eigenvalue weighted by Crippen LogP contribution is -2.42. The Morgan fingerprint density at radius 3 is 2.48 bits per heavy atom. The number of H-pyrrole nitrogens is 1. The monoisotopic (exact) mass is 431 g/mol. The van der Waals surface area contributed by atoms with Crippen LogP contribution < -0.4 is 21.9 Å². The average molecular weight is 431 g/mol. The van der Waals surface area contributed by atoms with E-state index in [-0.39, 0.29) is 34.9 Å². The van der Waals surface area contributed by atoms with Gasteiger partial charge in [0.1, 0.15) is 5.82 Å². The van der Waals surface area contributed by atoms with Crippen molar-refractivity contribution in [2.45, 2.75) is 59.4 Å². The maximum Gasteiger partial charge on any atom is 0.330 e. The van der Waals surface area contributed by atoms with Crippen LogP contribution in [0.15, 0.2) is 27.8 Å². The van der Waals surface area contributed by atoms with E-state index < -0.39 is 22.1 Å². The molecular weight excluding hydrogens is 402 g/mol. The summed E-state index contributed by atoms with van der Waals surface area (Å²) in [5, 5.41) is 11.3. The fourth-order valence-corrected chi connectivity index (χ4v) is 3.41. The molecule has 3 N–H and O–H groups in total. The van der Waals surface area contributed by atoms with E-state index in [1.54, 1.807) is 0 Å². The van der Waals surface area contributed by atoms with Crippen LogP contribution >= 0.6 is 0 Å². The summed E-state index contributed by atoms with van der Waals surface area (Å²) in [6.07, 6.45) is 3.78. The zero-order valence-electron chi connectivity index (χ0n) is 18.1. The lowest BCUT2D eigenvalue weighted by molar-refractivity contribution is -0.385. The molecule has 2 rings (SSSR count). The van der Waals surface area contributed by atoms with Gasteiger partial charge in [0.15, 0.2) is 5.69 Å². The number of anilines is 2. The Hall–Kier alpha value is -3.43. The summed E-state index contributed by atoms with van der Waals surface area (Å²) in [4.78, 5) is 52.7. The number of carbonyl (C=O) groups is 1. The van der Waals surface area contributed by atoms with Crippen LogP contribution in [0.25, 0.3) is 0 Å². The molecule has 0 saturated carbocycles. The highest BCUT2D eigenvalue weighted by Crippen LogP contribution is 2.26. The van der Waals surface area contributed by atoms with Crippen molar-refractivity contribution in [1.82, 2.24) is 9.55 Å². The highest BCUT2D eigenvalue weighted by molar-refractivity contribution is 6.08. The van der Waals surface area contributed by atoms with Crippen LogP contribution in [-0.2, 0) is 6.54 Å². The fourth-order valence-electron chi connectivity index (χ4n) is 3.41. The zero-order valence-corrected chi connectivity index (χ0v) is 18.1. The van der Waals surface area contributed by atoms with Crippen LogP contribution in [0.2, 0.25) is 0 Å². The number of aromatic amines is 1. The Balaban J connectivity index is 2.64. The molecule has 1 heterocycles. The summed E-state index contributed by atoms with van der Waals surface area (Å²) < 4.78 is 1.25. The molecule has 1 aromatic heterocycles. The molecule has 0 atom stereocenters. The smallest absolute Gasteiger partial charge is 0.330 e. The molecule has 0 fully saturated rings. The number of aromatic nitrogens is 2. The quantitative estimate of drug-likeness (QED) is 0.336. The second-order valence-corrected chi connectivity index (χ2v) is 7.37. The third kappa shape index (κ3) is 5.19. The van der Waals surface area contributed by atoms with Gasteiger partial charge in [-0.25, -0.2) is 4.79 Å². The molecule has 0 unspecified atom stereocenters. The molecule has 0 aliphatic heterocycles. The standard InChI is InChI=1S/C21H29N5O5/c1-4-6-8-13-24(20(28)15-10-9-11-16(14(15)3)26(30)31)17-18(22)25(12-7-5-2)21(29)23-19(17)27/h9-11H,4-8,12-13,22H2,1-3H3,(H,23,27,29). The first-order valence-corrected chi connectivity index (χ1v) is 10.4. The van der Waals surface area contributed by atoms with Crippen molar-refractivity contribution in [3.05, 3.63) is 60.3 Å². The molecule has 168 valence electrons. The van der Waals surface area contributed by atoms with Crippen molar-refractivity contribution in [2.75, 3.05) is 17.2 Å². The number of nitro benzene ring substituents is 1. The van der Waals surface area contributed by atoms with Crippen LogP contribution in [0.4, 0.5) is 17.2 Å². The first-order valence-electron chi connectivity index (χ1n) is 10.4. The van der Waals surface area contributed by atoms with Crippen molar-refractivity contribution in [2.24, 2.45) is 0 Å². The number of benzene rings is 1. The van der Waals surface area contributed by atoms with Gasteiger partial charge in [0.05, 0.1) is 4.92 Å². The summed E-state index contributed by atoms with van der Waals surface area (Å²) in [7, 11) is 0. The van der Waals surface area contributed by atoms with E-state index in [9.17, 15) is 24.5 Å². The second kappa shape index (κ2) is 10.6. The fraction of sp³-hybridized carbons (Fsp3) is 0.476. The maximum atomic E-state index is 13.5. The minimum Gasteiger partial charge on any atom is -0.383 e. The molecule has 1 amide bonds. The molecule has 0 spiro atoms. The van der Waals surface area contributed by atoms with Gasteiger partial charge in [-0.2, -0.15) is 0 Å². The van der Waals surface area contributed by atoms with Crippen LogP contribution in [0.1, 0.15) is 61.9 Å². The number of hydrogen-bond donors (Lipinski definition) is 2. The molecule has 0 radical (unpaired) electrons. The number of nitrogens with two attached hydrogens (primary N) is 1. The number of rotatable bonds is 10. The summed E-state index contributed by atoms with van der Waals surface area (Å²) in [6.45, 7) is 5.94. The van der Waals surface area contributed by atoms with Crippen molar-refractivity contribution >= 4 is 23.1 Å². The maximum absolute atomic E-state index is 13.5. The Kier molecular flexibility index (Phi) is 8.12. The minimum absolute atomic E-state index is 0.0878. The predicted molar refractivity (Wildman–Crippen MR) is 120 cm³/mol. The van der Waals surface area contributed by atoms with Gasteiger partial charge in [-0.15, -0.1) is 0 Å². The number of nitro groups is 1. The Bertz CT molecular complexity index is 1070. The van der Waals surface area contributed by atoms with E-state index >= 15 is 0 Å². The lowest BCUT2D eigenvalue weighted by Gasteiger charge is -2.25. The highest BCUT2D eigenvalue weighted by Gasteiger charge is 2.27. The van der Waals surface area contributed by atoms with Gasteiger partial charge in [-0.05, 0) is 25.8 Å². The summed E-state index contributed by atoms with van der Waals surface area (Å²) in [5.41, 5.74) is 4.82. The molecule has 2 aromatic rings. The number of carbonyl (C=O) groups excluding carboxylic acids is 1. The van der Waals surface area contributed by atoms with E-state index in [0.29, 0.717) is 19.4 Å². The normalized spacial score (nSPS) is 10.8. The van der Waals surface area contributed by atoms with E-state index in [1.165, 1.54) is 34.6 Å². The molecular formula is C21H29N5O5. The number of hydrogen-bond acceptors (Lipinski definition) is 6. The summed E-state index contributed by atoms with van der Waals surface area (Å²) in [5.74, 6) is -0.662. The molecule has 10 nitrogen and oxygen atoms in total. The predicted octanol–water partition coefficient (Wildman–Crippen LogP) is 2.97. The average Bonchev–Trinajstić information content (AvgIpc) is 2.72. The minimum atomic E-state index is -0.761. The number of amides is 1. The van der Waals surface area contributed by atoms with Crippen molar-refractivity contribution in [3.8, 4) is 0 Å². The number of unbranched alkanes of at least 4 members (excludes halogenated alkanes) is 3. The summed E-state index contributed by atoms with van der Waals surface area (Å²) >= 11 is 0. The van der Waals surface area contributed by atoms with Gasteiger partial charge < -0.3 is 10.6 Å². The Morgan fingerprint density at radius 2 is 1.87 bits per heavy atom. The van der Waals surface area contributed by atoms with E-state index in [0.717, 1.165) is 19.3 Å². The molecule has 31 heavy (non-hydrogen) atoms. The highest BCUT2D eigenvalue weighted by atomic mass is 16.6. The third-order valence-electron chi connectivity index (χ3n) is 5.18. The molecule has 0 aliphatic rings. The van der Waals surface area contributed by atoms with Gasteiger partial charge in [0.25, 0.3) is 17.2 Å². The van der Waals surface area contributed by atoms with Gasteiger partial charge in [0, 0.05) is 30.3 Å². The van der Waals surface area contributed by atoms with Crippen LogP contribution in [-0.4, -0.2) is 26.9 Å². The SMILES string of the molecule is CCCCCN(C(=O)c1cccc([N+](=O)[O-])c1C)c1c(N)n(CCCC)c(=O)[nH]c1=O. The zero-order chi connectivity index (χ0) is 23.1. The van der Waals surface area contributed by atoms with Gasteiger partial charge >= 0.3 is 5.69 Å². The topological polar surface area (TPSA) is 144 Å². The van der Waals surface area contributed by atoms with E-state index in [1.807, 2.05) is 13.8 Å². The number of nitrogen functional groups attached to an aromatic ring is 1. The van der Waals surface area contributed by atoms with Gasteiger partial charge in [0.2, 0.25) is 0 Å². The van der Waals surface area contributed by atoms with Crippen LogP contribution in [0, 0.1) is 17.0 Å². The molecule has 1 aromatic carbocycles. The summed E-state index contributed by atoms with van der Waals surface area (Å²) in [6, 6.07) is 4.23. The molecule has 0 bridgehead atoms. The first-order chi connectivity index (χ1) is 14.7. The second-order valence-electron chi connectivity index (χ2n) is 7.37. The van der Waals surface area contributed by atoms with E-state index in [4.69, 9.17) is 5.73 Å². The molecule has 0 saturated heterocycles. The Morgan fingerprint density at radius 1 is 1.19 bits per heavy atom. The molecule has 10 heteroatoms.